The molecule has 0 amide bonds. The monoisotopic (exact) mass is 210 g/mol. The van der Waals surface area contributed by atoms with E-state index in [1.807, 2.05) is 13.8 Å². The van der Waals surface area contributed by atoms with E-state index in [0.717, 1.165) is 0 Å². The average molecular weight is 210 g/mol. The van der Waals surface area contributed by atoms with Gasteiger partial charge in [0, 0.05) is 0 Å². The molecule has 0 saturated heterocycles. The molecule has 0 aromatic carbocycles. The molecule has 0 heterocycles. The Hall–Kier alpha value is 0.110. The van der Waals surface area contributed by atoms with Crippen LogP contribution in [0.3, 0.4) is 0 Å². The van der Waals surface area contributed by atoms with Crippen LogP contribution in [0.1, 0.15) is 27.7 Å². The Morgan fingerprint density at radius 1 is 1.15 bits per heavy atom. The fraction of sp³-hybridized carbons (Fsp3) is 1.00. The van der Waals surface area contributed by atoms with Crippen LogP contribution in [0.5, 0.6) is 0 Å². The minimum Gasteiger partial charge on any atom is -0.366 e. The highest BCUT2D eigenvalue weighted by molar-refractivity contribution is 7.53. The van der Waals surface area contributed by atoms with Crippen LogP contribution in [-0.2, 0) is 18.3 Å². The Labute approximate surface area is 80.1 Å². The molecule has 0 fully saturated rings. The van der Waals surface area contributed by atoms with E-state index in [0.29, 0.717) is 13.2 Å². The molecule has 0 atom stereocenters. The van der Waals surface area contributed by atoms with Gasteiger partial charge in [0.25, 0.3) is 0 Å². The first kappa shape index (κ1) is 13.1. The van der Waals surface area contributed by atoms with Crippen LogP contribution in [0.25, 0.3) is 0 Å². The molecule has 0 aliphatic heterocycles. The zero-order valence-electron chi connectivity index (χ0n) is 8.78. The number of rotatable bonds is 7. The van der Waals surface area contributed by atoms with Crippen molar-refractivity contribution in [2.45, 2.75) is 33.8 Å². The molecule has 0 unspecified atom stereocenters. The van der Waals surface area contributed by atoms with Crippen LogP contribution >= 0.6 is 7.60 Å². The van der Waals surface area contributed by atoms with Crippen LogP contribution in [0, 0.1) is 0 Å². The third kappa shape index (κ3) is 6.22. The molecule has 13 heavy (non-hydrogen) atoms. The van der Waals surface area contributed by atoms with Crippen LogP contribution in [0.15, 0.2) is 0 Å². The average Bonchev–Trinajstić information content (AvgIpc) is 2.02. The molecule has 0 saturated carbocycles. The third-order valence-electron chi connectivity index (χ3n) is 1.22. The first-order chi connectivity index (χ1) is 6.04. The van der Waals surface area contributed by atoms with Gasteiger partial charge in [0.2, 0.25) is 0 Å². The molecule has 0 N–H and O–H groups in total. The molecule has 0 aliphatic rings. The van der Waals surface area contributed by atoms with Gasteiger partial charge in [-0.25, -0.2) is 0 Å². The molecule has 0 aliphatic carbocycles. The Balaban J connectivity index is 3.99. The minimum absolute atomic E-state index is 0.0341. The van der Waals surface area contributed by atoms with E-state index in [1.165, 1.54) is 0 Å². The SMILES string of the molecule is CCOP(=O)(COC(C)C)OCC. The Bertz CT molecular complexity index is 160. The zero-order chi connectivity index (χ0) is 10.3. The van der Waals surface area contributed by atoms with Crippen molar-refractivity contribution in [2.24, 2.45) is 0 Å². The first-order valence-corrected chi connectivity index (χ1v) is 6.26. The normalized spacial score (nSPS) is 12.4. The lowest BCUT2D eigenvalue weighted by atomic mass is 10.5. The van der Waals surface area contributed by atoms with Gasteiger partial charge >= 0.3 is 7.60 Å². The predicted molar refractivity (Wildman–Crippen MR) is 51.9 cm³/mol. The van der Waals surface area contributed by atoms with Gasteiger partial charge in [-0.2, -0.15) is 0 Å². The van der Waals surface area contributed by atoms with Crippen molar-refractivity contribution in [1.82, 2.24) is 0 Å². The summed E-state index contributed by atoms with van der Waals surface area (Å²) < 4.78 is 27.0. The quantitative estimate of drug-likeness (QED) is 0.606. The molecule has 0 radical (unpaired) electrons. The summed E-state index contributed by atoms with van der Waals surface area (Å²) in [5.41, 5.74) is 0. The van der Waals surface area contributed by atoms with E-state index in [9.17, 15) is 4.57 Å². The first-order valence-electron chi connectivity index (χ1n) is 4.53. The number of ether oxygens (including phenoxy) is 1. The Morgan fingerprint density at radius 3 is 1.92 bits per heavy atom. The van der Waals surface area contributed by atoms with Crippen molar-refractivity contribution in [3.63, 3.8) is 0 Å². The largest absolute Gasteiger partial charge is 0.366 e. The second-order valence-electron chi connectivity index (χ2n) is 2.79. The maximum Gasteiger partial charge on any atom is 0.356 e. The van der Waals surface area contributed by atoms with Crippen LogP contribution in [-0.4, -0.2) is 25.7 Å². The molecule has 0 aromatic rings. The van der Waals surface area contributed by atoms with Gasteiger partial charge in [0.15, 0.2) is 0 Å². The van der Waals surface area contributed by atoms with E-state index in [2.05, 4.69) is 0 Å². The van der Waals surface area contributed by atoms with Gasteiger partial charge < -0.3 is 13.8 Å². The molecule has 4 nitrogen and oxygen atoms in total. The minimum atomic E-state index is -3.00. The maximum atomic E-state index is 11.7. The molecular weight excluding hydrogens is 191 g/mol. The van der Waals surface area contributed by atoms with Crippen LogP contribution in [0.4, 0.5) is 0 Å². The van der Waals surface area contributed by atoms with Crippen molar-refractivity contribution >= 4 is 7.60 Å². The zero-order valence-corrected chi connectivity index (χ0v) is 9.67. The third-order valence-corrected chi connectivity index (χ3v) is 2.99. The van der Waals surface area contributed by atoms with Crippen molar-refractivity contribution in [1.29, 1.82) is 0 Å². The summed E-state index contributed by atoms with van der Waals surface area (Å²) >= 11 is 0. The van der Waals surface area contributed by atoms with Gasteiger partial charge in [-0.1, -0.05) is 0 Å². The van der Waals surface area contributed by atoms with Crippen molar-refractivity contribution in [3.05, 3.63) is 0 Å². The number of hydrogen-bond donors (Lipinski definition) is 0. The van der Waals surface area contributed by atoms with Gasteiger partial charge in [-0.3, -0.25) is 4.57 Å². The molecular formula is C8H19O4P. The van der Waals surface area contributed by atoms with Crippen molar-refractivity contribution in [2.75, 3.05) is 19.6 Å². The molecule has 0 spiro atoms. The number of hydrogen-bond acceptors (Lipinski definition) is 4. The standard InChI is InChI=1S/C8H19O4P/c1-5-11-13(9,12-6-2)7-10-8(3)4/h8H,5-7H2,1-4H3. The predicted octanol–water partition coefficient (Wildman–Crippen LogP) is 2.64. The summed E-state index contributed by atoms with van der Waals surface area (Å²) in [6.45, 7) is 8.06. The molecule has 80 valence electrons. The lowest BCUT2D eigenvalue weighted by Gasteiger charge is -2.18. The van der Waals surface area contributed by atoms with E-state index in [1.54, 1.807) is 13.8 Å². The topological polar surface area (TPSA) is 44.8 Å². The van der Waals surface area contributed by atoms with E-state index >= 15 is 0 Å². The van der Waals surface area contributed by atoms with Gasteiger partial charge in [-0.05, 0) is 27.7 Å². The maximum absolute atomic E-state index is 11.7. The fourth-order valence-electron chi connectivity index (χ4n) is 0.746. The highest BCUT2D eigenvalue weighted by Crippen LogP contribution is 2.47. The summed E-state index contributed by atoms with van der Waals surface area (Å²) in [5.74, 6) is 0. The molecule has 0 aromatic heterocycles. The van der Waals surface area contributed by atoms with Gasteiger partial charge in [0.1, 0.15) is 6.35 Å². The fourth-order valence-corrected chi connectivity index (χ4v) is 2.24. The van der Waals surface area contributed by atoms with E-state index < -0.39 is 7.60 Å². The summed E-state index contributed by atoms with van der Waals surface area (Å²) in [5, 5.41) is 0. The van der Waals surface area contributed by atoms with Crippen molar-refractivity contribution in [3.8, 4) is 0 Å². The summed E-state index contributed by atoms with van der Waals surface area (Å²) in [6.07, 6.45) is 0.0704. The summed E-state index contributed by atoms with van der Waals surface area (Å²) in [4.78, 5) is 0. The molecule has 0 bridgehead atoms. The summed E-state index contributed by atoms with van der Waals surface area (Å²) in [6, 6.07) is 0. The lowest BCUT2D eigenvalue weighted by molar-refractivity contribution is 0.0889. The van der Waals surface area contributed by atoms with Crippen LogP contribution < -0.4 is 0 Å². The van der Waals surface area contributed by atoms with E-state index in [-0.39, 0.29) is 12.5 Å². The second-order valence-corrected chi connectivity index (χ2v) is 4.79. The Morgan fingerprint density at radius 2 is 1.62 bits per heavy atom. The van der Waals surface area contributed by atoms with Crippen molar-refractivity contribution < 1.29 is 18.3 Å². The molecule has 0 rings (SSSR count). The summed E-state index contributed by atoms with van der Waals surface area (Å²) in [7, 11) is -3.00. The van der Waals surface area contributed by atoms with Gasteiger partial charge in [0.05, 0.1) is 19.3 Å². The second kappa shape index (κ2) is 6.55. The van der Waals surface area contributed by atoms with Gasteiger partial charge in [-0.15, -0.1) is 0 Å². The highest BCUT2D eigenvalue weighted by Gasteiger charge is 2.24. The molecule has 5 heteroatoms. The highest BCUT2D eigenvalue weighted by atomic mass is 31.2. The van der Waals surface area contributed by atoms with E-state index in [4.69, 9.17) is 13.8 Å². The smallest absolute Gasteiger partial charge is 0.356 e. The Kier molecular flexibility index (Phi) is 6.60. The van der Waals surface area contributed by atoms with Crippen LogP contribution in [0.2, 0.25) is 0 Å². The lowest BCUT2D eigenvalue weighted by Crippen LogP contribution is -2.08.